The van der Waals surface area contributed by atoms with Crippen LogP contribution in [0.1, 0.15) is 32.1 Å². The second-order valence-corrected chi connectivity index (χ2v) is 5.62. The van der Waals surface area contributed by atoms with Crippen molar-refractivity contribution in [3.8, 4) is 0 Å². The molecule has 4 aliphatic carbocycles. The molecule has 0 aliphatic heterocycles. The van der Waals surface area contributed by atoms with Crippen LogP contribution in [0.4, 0.5) is 9.18 Å². The van der Waals surface area contributed by atoms with E-state index in [9.17, 15) is 9.18 Å². The molecule has 2 unspecified atom stereocenters. The zero-order valence-electron chi connectivity index (χ0n) is 8.58. The lowest BCUT2D eigenvalue weighted by Crippen LogP contribution is -2.62. The van der Waals surface area contributed by atoms with Gasteiger partial charge in [0.1, 0.15) is 6.17 Å². The lowest BCUT2D eigenvalue weighted by molar-refractivity contribution is -0.0755. The van der Waals surface area contributed by atoms with E-state index in [2.05, 4.69) is 5.32 Å². The summed E-state index contributed by atoms with van der Waals surface area (Å²) in [7, 11) is 0. The van der Waals surface area contributed by atoms with E-state index in [0.717, 1.165) is 19.3 Å². The molecule has 0 saturated heterocycles. The van der Waals surface area contributed by atoms with Gasteiger partial charge in [-0.05, 0) is 49.9 Å². The molecule has 4 rings (SSSR count). The standard InChI is InChI=1S/C11H16FNO2/c12-9-7-1-6-2-8(9)5-11(3-6,4-7)13-10(14)15/h6-9,13H,1-5H2,(H,14,15). The van der Waals surface area contributed by atoms with E-state index in [0.29, 0.717) is 18.8 Å². The largest absolute Gasteiger partial charge is 0.465 e. The maximum absolute atomic E-state index is 13.8. The Kier molecular flexibility index (Phi) is 1.80. The molecule has 4 fully saturated rings. The van der Waals surface area contributed by atoms with Crippen LogP contribution in [0, 0.1) is 17.8 Å². The Hall–Kier alpha value is -0.800. The van der Waals surface area contributed by atoms with E-state index in [1.165, 1.54) is 0 Å². The Morgan fingerprint density at radius 3 is 2.40 bits per heavy atom. The highest BCUT2D eigenvalue weighted by Crippen LogP contribution is 2.56. The summed E-state index contributed by atoms with van der Waals surface area (Å²) in [6.45, 7) is 0. The van der Waals surface area contributed by atoms with Crippen LogP contribution in [0.3, 0.4) is 0 Å². The number of halogens is 1. The quantitative estimate of drug-likeness (QED) is 0.701. The molecule has 0 aromatic rings. The summed E-state index contributed by atoms with van der Waals surface area (Å²) < 4.78 is 13.8. The van der Waals surface area contributed by atoms with Crippen LogP contribution in [0.5, 0.6) is 0 Å². The first kappa shape index (κ1) is 9.43. The van der Waals surface area contributed by atoms with Gasteiger partial charge in [0.2, 0.25) is 0 Å². The third kappa shape index (κ3) is 1.34. The minimum Gasteiger partial charge on any atom is -0.465 e. The van der Waals surface area contributed by atoms with E-state index >= 15 is 0 Å². The van der Waals surface area contributed by atoms with Gasteiger partial charge < -0.3 is 10.4 Å². The van der Waals surface area contributed by atoms with Crippen molar-refractivity contribution >= 4 is 6.09 Å². The number of carbonyl (C=O) groups is 1. The van der Waals surface area contributed by atoms with Gasteiger partial charge in [-0.2, -0.15) is 0 Å². The van der Waals surface area contributed by atoms with Crippen molar-refractivity contribution in [1.82, 2.24) is 5.32 Å². The van der Waals surface area contributed by atoms with Crippen molar-refractivity contribution in [3.63, 3.8) is 0 Å². The number of hydrogen-bond acceptors (Lipinski definition) is 1. The average molecular weight is 213 g/mol. The minimum absolute atomic E-state index is 0.114. The number of rotatable bonds is 1. The fourth-order valence-corrected chi connectivity index (χ4v) is 4.34. The fraction of sp³-hybridized carbons (Fsp3) is 0.909. The van der Waals surface area contributed by atoms with Gasteiger partial charge in [-0.15, -0.1) is 0 Å². The second-order valence-electron chi connectivity index (χ2n) is 5.62. The first-order chi connectivity index (χ1) is 7.08. The monoisotopic (exact) mass is 213 g/mol. The van der Waals surface area contributed by atoms with E-state index in [1.54, 1.807) is 0 Å². The Bertz CT molecular complexity index is 291. The molecule has 4 heteroatoms. The number of amides is 1. The van der Waals surface area contributed by atoms with Crippen molar-refractivity contribution < 1.29 is 14.3 Å². The molecule has 4 aliphatic rings. The van der Waals surface area contributed by atoms with Gasteiger partial charge in [-0.1, -0.05) is 0 Å². The zero-order chi connectivity index (χ0) is 10.6. The molecule has 0 aromatic carbocycles. The molecule has 0 heterocycles. The van der Waals surface area contributed by atoms with Crippen LogP contribution in [-0.2, 0) is 0 Å². The van der Waals surface area contributed by atoms with Crippen molar-refractivity contribution in [2.24, 2.45) is 17.8 Å². The van der Waals surface area contributed by atoms with Gasteiger partial charge in [0, 0.05) is 5.54 Å². The summed E-state index contributed by atoms with van der Waals surface area (Å²) >= 11 is 0. The molecule has 15 heavy (non-hydrogen) atoms. The van der Waals surface area contributed by atoms with Crippen LogP contribution >= 0.6 is 0 Å². The number of nitrogens with one attached hydrogen (secondary N) is 1. The number of alkyl halides is 1. The highest BCUT2D eigenvalue weighted by molar-refractivity contribution is 5.65. The van der Waals surface area contributed by atoms with Crippen LogP contribution in [-0.4, -0.2) is 22.9 Å². The molecule has 0 radical (unpaired) electrons. The van der Waals surface area contributed by atoms with Gasteiger partial charge in [0.05, 0.1) is 0 Å². The molecule has 0 aromatic heterocycles. The summed E-state index contributed by atoms with van der Waals surface area (Å²) in [5, 5.41) is 11.5. The summed E-state index contributed by atoms with van der Waals surface area (Å²) in [4.78, 5) is 10.8. The lowest BCUT2D eigenvalue weighted by atomic mass is 9.52. The average Bonchev–Trinajstić information content (AvgIpc) is 2.10. The lowest BCUT2D eigenvalue weighted by Gasteiger charge is -2.57. The molecule has 2 N–H and O–H groups in total. The molecule has 0 spiro atoms. The van der Waals surface area contributed by atoms with Crippen molar-refractivity contribution in [2.45, 2.75) is 43.8 Å². The van der Waals surface area contributed by atoms with Gasteiger partial charge in [0.15, 0.2) is 0 Å². The normalized spacial score (nSPS) is 51.8. The molecule has 84 valence electrons. The molecule has 1 amide bonds. The van der Waals surface area contributed by atoms with Gasteiger partial charge in [0.25, 0.3) is 0 Å². The topological polar surface area (TPSA) is 49.3 Å². The van der Waals surface area contributed by atoms with Crippen LogP contribution < -0.4 is 5.32 Å². The van der Waals surface area contributed by atoms with E-state index in [-0.39, 0.29) is 17.4 Å². The molecule has 2 atom stereocenters. The predicted octanol–water partition coefficient (Wildman–Crippen LogP) is 2.17. The Labute approximate surface area is 88.0 Å². The summed E-state index contributed by atoms with van der Waals surface area (Å²) in [5.41, 5.74) is -0.287. The second kappa shape index (κ2) is 2.86. The molecular formula is C11H16FNO2. The Balaban J connectivity index is 1.85. The van der Waals surface area contributed by atoms with Crippen LogP contribution in [0.2, 0.25) is 0 Å². The van der Waals surface area contributed by atoms with Crippen molar-refractivity contribution in [3.05, 3.63) is 0 Å². The molecular weight excluding hydrogens is 197 g/mol. The Morgan fingerprint density at radius 2 is 1.87 bits per heavy atom. The molecule has 3 nitrogen and oxygen atoms in total. The smallest absolute Gasteiger partial charge is 0.405 e. The van der Waals surface area contributed by atoms with Crippen molar-refractivity contribution in [2.75, 3.05) is 0 Å². The summed E-state index contributed by atoms with van der Waals surface area (Å²) in [6.07, 6.45) is 2.68. The molecule has 4 bridgehead atoms. The van der Waals surface area contributed by atoms with Gasteiger partial charge in [-0.25, -0.2) is 9.18 Å². The zero-order valence-corrected chi connectivity index (χ0v) is 8.58. The number of carboxylic acid groups (broad SMARTS) is 1. The fourth-order valence-electron chi connectivity index (χ4n) is 4.34. The van der Waals surface area contributed by atoms with Gasteiger partial charge >= 0.3 is 6.09 Å². The number of hydrogen-bond donors (Lipinski definition) is 2. The van der Waals surface area contributed by atoms with Crippen molar-refractivity contribution in [1.29, 1.82) is 0 Å². The summed E-state index contributed by atoms with van der Waals surface area (Å²) in [6, 6.07) is 0. The van der Waals surface area contributed by atoms with E-state index in [1.807, 2.05) is 0 Å². The SMILES string of the molecule is O=C(O)NC12CC3CC(C1)C(F)C(C3)C2. The highest BCUT2D eigenvalue weighted by atomic mass is 19.1. The third-order valence-corrected chi connectivity index (χ3v) is 4.53. The Morgan fingerprint density at radius 1 is 1.27 bits per heavy atom. The highest BCUT2D eigenvalue weighted by Gasteiger charge is 2.56. The van der Waals surface area contributed by atoms with Crippen LogP contribution in [0.15, 0.2) is 0 Å². The first-order valence-corrected chi connectivity index (χ1v) is 5.73. The first-order valence-electron chi connectivity index (χ1n) is 5.73. The van der Waals surface area contributed by atoms with E-state index < -0.39 is 12.3 Å². The van der Waals surface area contributed by atoms with Crippen LogP contribution in [0.25, 0.3) is 0 Å². The maximum atomic E-state index is 13.8. The minimum atomic E-state index is -0.952. The third-order valence-electron chi connectivity index (χ3n) is 4.53. The van der Waals surface area contributed by atoms with Gasteiger partial charge in [-0.3, -0.25) is 0 Å². The van der Waals surface area contributed by atoms with E-state index in [4.69, 9.17) is 5.11 Å². The molecule has 4 saturated carbocycles. The maximum Gasteiger partial charge on any atom is 0.405 e. The summed E-state index contributed by atoms with van der Waals surface area (Å²) in [5.74, 6) is 0.785. The predicted molar refractivity (Wildman–Crippen MR) is 52.3 cm³/mol.